The molecule has 1 aromatic rings. The van der Waals surface area contributed by atoms with Gasteiger partial charge in [-0.15, -0.1) is 6.58 Å². The molecule has 0 radical (unpaired) electrons. The summed E-state index contributed by atoms with van der Waals surface area (Å²) in [6, 6.07) is 6.97. The number of allylic oxidation sites excluding steroid dienone is 1. The first-order valence-electron chi connectivity index (χ1n) is 6.96. The molecule has 112 valence electrons. The van der Waals surface area contributed by atoms with Crippen LogP contribution < -0.4 is 10.1 Å². The van der Waals surface area contributed by atoms with E-state index in [0.29, 0.717) is 0 Å². The van der Waals surface area contributed by atoms with Crippen LogP contribution in [0.5, 0.6) is 5.75 Å². The minimum Gasteiger partial charge on any atom is -0.434 e. The van der Waals surface area contributed by atoms with E-state index in [2.05, 4.69) is 23.6 Å². The van der Waals surface area contributed by atoms with Gasteiger partial charge in [-0.25, -0.2) is 0 Å². The number of alkyl halides is 2. The van der Waals surface area contributed by atoms with Crippen molar-refractivity contribution in [2.45, 2.75) is 45.8 Å². The molecule has 0 aliphatic heterocycles. The Morgan fingerprint density at radius 3 is 2.65 bits per heavy atom. The van der Waals surface area contributed by atoms with Gasteiger partial charge in [-0.1, -0.05) is 30.7 Å². The Labute approximate surface area is 119 Å². The maximum Gasteiger partial charge on any atom is 0.387 e. The lowest BCUT2D eigenvalue weighted by molar-refractivity contribution is -0.0507. The zero-order valence-corrected chi connectivity index (χ0v) is 12.2. The van der Waals surface area contributed by atoms with Crippen LogP contribution in [0.25, 0.3) is 0 Å². The molecular weight excluding hydrogens is 260 g/mol. The Kier molecular flexibility index (Phi) is 7.23. The zero-order chi connectivity index (χ0) is 15.0. The molecule has 0 amide bonds. The topological polar surface area (TPSA) is 21.3 Å². The van der Waals surface area contributed by atoms with Crippen LogP contribution in [-0.4, -0.2) is 13.2 Å². The summed E-state index contributed by atoms with van der Waals surface area (Å²) in [5.41, 5.74) is 1.86. The predicted molar refractivity (Wildman–Crippen MR) is 78.2 cm³/mol. The van der Waals surface area contributed by atoms with Crippen LogP contribution in [0, 0.1) is 0 Å². The minimum atomic E-state index is -2.80. The van der Waals surface area contributed by atoms with E-state index in [4.69, 9.17) is 0 Å². The Hall–Kier alpha value is -1.42. The first-order valence-corrected chi connectivity index (χ1v) is 6.96. The van der Waals surface area contributed by atoms with Crippen LogP contribution in [0.1, 0.15) is 44.7 Å². The molecule has 1 unspecified atom stereocenters. The van der Waals surface area contributed by atoms with Gasteiger partial charge in [-0.05, 0) is 38.8 Å². The lowest BCUT2D eigenvalue weighted by Gasteiger charge is -2.22. The molecule has 0 saturated carbocycles. The second-order valence-corrected chi connectivity index (χ2v) is 4.92. The molecule has 1 aromatic carbocycles. The standard InChI is InChI=1S/C16H23F2NO/c1-4-11-19-14(10-9-12(2)3)13-7-5-6-8-15(13)20-16(17)18/h5-8,14,16,19H,2,4,9-11H2,1,3H3. The Morgan fingerprint density at radius 1 is 1.35 bits per heavy atom. The van der Waals surface area contributed by atoms with Gasteiger partial charge in [0.1, 0.15) is 5.75 Å². The molecule has 1 N–H and O–H groups in total. The third kappa shape index (κ3) is 5.70. The molecule has 0 spiro atoms. The molecule has 4 heteroatoms. The predicted octanol–water partition coefficient (Wildman–Crippen LogP) is 4.69. The van der Waals surface area contributed by atoms with Crippen LogP contribution in [0.15, 0.2) is 36.4 Å². The van der Waals surface area contributed by atoms with E-state index in [1.54, 1.807) is 12.1 Å². The molecule has 0 aliphatic carbocycles. The monoisotopic (exact) mass is 283 g/mol. The van der Waals surface area contributed by atoms with Crippen LogP contribution in [0.2, 0.25) is 0 Å². The quantitative estimate of drug-likeness (QED) is 0.664. The van der Waals surface area contributed by atoms with Crippen molar-refractivity contribution < 1.29 is 13.5 Å². The fourth-order valence-corrected chi connectivity index (χ4v) is 2.05. The number of hydrogen-bond donors (Lipinski definition) is 1. The number of nitrogens with one attached hydrogen (secondary N) is 1. The summed E-state index contributed by atoms with van der Waals surface area (Å²) in [5.74, 6) is 0.248. The molecule has 20 heavy (non-hydrogen) atoms. The summed E-state index contributed by atoms with van der Waals surface area (Å²) in [6.07, 6.45) is 2.66. The Balaban J connectivity index is 2.89. The molecule has 0 aliphatic rings. The number of rotatable bonds is 9. The number of hydrogen-bond acceptors (Lipinski definition) is 2. The first kappa shape index (κ1) is 16.6. The van der Waals surface area contributed by atoms with E-state index < -0.39 is 6.61 Å². The van der Waals surface area contributed by atoms with Crippen LogP contribution >= 0.6 is 0 Å². The summed E-state index contributed by atoms with van der Waals surface area (Å²) in [7, 11) is 0. The van der Waals surface area contributed by atoms with Gasteiger partial charge in [0.05, 0.1) is 0 Å². The lowest BCUT2D eigenvalue weighted by Crippen LogP contribution is -2.23. The number of para-hydroxylation sites is 1. The van der Waals surface area contributed by atoms with E-state index >= 15 is 0 Å². The van der Waals surface area contributed by atoms with E-state index in [1.807, 2.05) is 19.1 Å². The van der Waals surface area contributed by atoms with Gasteiger partial charge < -0.3 is 10.1 Å². The number of ether oxygens (including phenoxy) is 1. The van der Waals surface area contributed by atoms with Crippen molar-refractivity contribution in [1.29, 1.82) is 0 Å². The maximum atomic E-state index is 12.5. The Bertz CT molecular complexity index is 421. The second kappa shape index (κ2) is 8.69. The van der Waals surface area contributed by atoms with Gasteiger partial charge in [0.15, 0.2) is 0 Å². The van der Waals surface area contributed by atoms with E-state index in [-0.39, 0.29) is 11.8 Å². The lowest BCUT2D eigenvalue weighted by atomic mass is 9.99. The highest BCUT2D eigenvalue weighted by Gasteiger charge is 2.17. The molecule has 0 heterocycles. The highest BCUT2D eigenvalue weighted by atomic mass is 19.3. The third-order valence-electron chi connectivity index (χ3n) is 3.01. The molecule has 0 aromatic heterocycles. The fraction of sp³-hybridized carbons (Fsp3) is 0.500. The van der Waals surface area contributed by atoms with Gasteiger partial charge in [-0.2, -0.15) is 8.78 Å². The van der Waals surface area contributed by atoms with Crippen molar-refractivity contribution in [3.8, 4) is 5.75 Å². The van der Waals surface area contributed by atoms with Crippen LogP contribution in [-0.2, 0) is 0 Å². The van der Waals surface area contributed by atoms with E-state index in [1.165, 1.54) is 0 Å². The highest BCUT2D eigenvalue weighted by Crippen LogP contribution is 2.30. The Morgan fingerprint density at radius 2 is 2.05 bits per heavy atom. The van der Waals surface area contributed by atoms with Gasteiger partial charge in [-0.3, -0.25) is 0 Å². The molecule has 1 rings (SSSR count). The van der Waals surface area contributed by atoms with E-state index in [0.717, 1.165) is 36.9 Å². The largest absolute Gasteiger partial charge is 0.434 e. The molecule has 2 nitrogen and oxygen atoms in total. The molecular formula is C16H23F2NO. The van der Waals surface area contributed by atoms with Gasteiger partial charge in [0.2, 0.25) is 0 Å². The third-order valence-corrected chi connectivity index (χ3v) is 3.01. The van der Waals surface area contributed by atoms with E-state index in [9.17, 15) is 8.78 Å². The summed E-state index contributed by atoms with van der Waals surface area (Å²) in [4.78, 5) is 0. The first-order chi connectivity index (χ1) is 9.54. The smallest absolute Gasteiger partial charge is 0.387 e. The van der Waals surface area contributed by atoms with Crippen molar-refractivity contribution in [2.75, 3.05) is 6.54 Å². The average molecular weight is 283 g/mol. The summed E-state index contributed by atoms with van der Waals surface area (Å²) < 4.78 is 29.6. The zero-order valence-electron chi connectivity index (χ0n) is 12.2. The summed E-state index contributed by atoms with van der Waals surface area (Å²) >= 11 is 0. The number of benzene rings is 1. The normalized spacial score (nSPS) is 12.4. The molecule has 0 saturated heterocycles. The van der Waals surface area contributed by atoms with Crippen molar-refractivity contribution in [3.05, 3.63) is 42.0 Å². The highest BCUT2D eigenvalue weighted by molar-refractivity contribution is 5.36. The number of halogens is 2. The van der Waals surface area contributed by atoms with Crippen molar-refractivity contribution in [1.82, 2.24) is 5.32 Å². The van der Waals surface area contributed by atoms with Gasteiger partial charge >= 0.3 is 6.61 Å². The molecule has 1 atom stereocenters. The minimum absolute atomic E-state index is 0.00148. The molecule has 0 fully saturated rings. The average Bonchev–Trinajstić information content (AvgIpc) is 2.39. The summed E-state index contributed by atoms with van der Waals surface area (Å²) in [5, 5.41) is 3.39. The van der Waals surface area contributed by atoms with Gasteiger partial charge in [0, 0.05) is 11.6 Å². The van der Waals surface area contributed by atoms with Crippen LogP contribution in [0.3, 0.4) is 0 Å². The second-order valence-electron chi connectivity index (χ2n) is 4.92. The van der Waals surface area contributed by atoms with Crippen molar-refractivity contribution >= 4 is 0 Å². The molecule has 0 bridgehead atoms. The van der Waals surface area contributed by atoms with Crippen molar-refractivity contribution in [3.63, 3.8) is 0 Å². The fourth-order valence-electron chi connectivity index (χ4n) is 2.05. The SMILES string of the molecule is C=C(C)CCC(NCCC)c1ccccc1OC(F)F. The summed E-state index contributed by atoms with van der Waals surface area (Å²) in [6.45, 7) is 5.97. The van der Waals surface area contributed by atoms with Crippen LogP contribution in [0.4, 0.5) is 8.78 Å². The van der Waals surface area contributed by atoms with Crippen molar-refractivity contribution in [2.24, 2.45) is 0 Å². The maximum absolute atomic E-state index is 12.5. The van der Waals surface area contributed by atoms with Gasteiger partial charge in [0.25, 0.3) is 0 Å².